The summed E-state index contributed by atoms with van der Waals surface area (Å²) in [7, 11) is -1.39. The smallest absolute Gasteiger partial charge is 0.238 e. The second-order valence-corrected chi connectivity index (χ2v) is 7.46. The molecule has 0 spiro atoms. The Hall–Kier alpha value is -1.60. The Balaban J connectivity index is 1.89. The molecule has 0 aliphatic carbocycles. The Bertz CT molecular complexity index is 628. The molecule has 1 fully saturated rings. The zero-order chi connectivity index (χ0) is 15.5. The fraction of sp³-hybridized carbons (Fsp3) is 0.500. The lowest BCUT2D eigenvalue weighted by molar-refractivity contribution is -0.115. The molecule has 7 heteroatoms. The van der Waals surface area contributed by atoms with Crippen LogP contribution in [0, 0.1) is 6.92 Å². The second kappa shape index (κ2) is 6.44. The fourth-order valence-electron chi connectivity index (χ4n) is 2.31. The molecular formula is C14H20N2O4S. The lowest BCUT2D eigenvalue weighted by atomic mass is 10.2. The molecule has 1 atom stereocenters. The Morgan fingerprint density at radius 2 is 2.19 bits per heavy atom. The molecular weight excluding hydrogens is 292 g/mol. The molecule has 1 heterocycles. The van der Waals surface area contributed by atoms with Gasteiger partial charge in [-0.25, -0.2) is 8.42 Å². The van der Waals surface area contributed by atoms with Crippen LogP contribution in [0.3, 0.4) is 0 Å². The number of carbonyl (C=O) groups excluding carboxylic acids is 1. The first-order chi connectivity index (χ1) is 9.89. The Kier molecular flexibility index (Phi) is 4.84. The number of rotatable bonds is 5. The minimum Gasteiger partial charge on any atom is -0.495 e. The average molecular weight is 312 g/mol. The molecule has 1 saturated heterocycles. The first-order valence-corrected chi connectivity index (χ1v) is 8.60. The highest BCUT2D eigenvalue weighted by Gasteiger charge is 2.27. The maximum Gasteiger partial charge on any atom is 0.238 e. The van der Waals surface area contributed by atoms with Crippen LogP contribution in [0.5, 0.6) is 5.75 Å². The Labute approximate surface area is 124 Å². The van der Waals surface area contributed by atoms with Crippen molar-refractivity contribution in [3.63, 3.8) is 0 Å². The molecule has 1 aromatic rings. The van der Waals surface area contributed by atoms with Gasteiger partial charge in [0, 0.05) is 6.04 Å². The van der Waals surface area contributed by atoms with Crippen molar-refractivity contribution < 1.29 is 17.9 Å². The van der Waals surface area contributed by atoms with Gasteiger partial charge < -0.3 is 15.4 Å². The van der Waals surface area contributed by atoms with E-state index in [0.29, 0.717) is 17.9 Å². The third kappa shape index (κ3) is 4.44. The highest BCUT2D eigenvalue weighted by Crippen LogP contribution is 2.24. The number of hydrogen-bond donors (Lipinski definition) is 2. The minimum absolute atomic E-state index is 0.0806. The lowest BCUT2D eigenvalue weighted by Crippen LogP contribution is -2.36. The second-order valence-electron chi connectivity index (χ2n) is 5.23. The summed E-state index contributed by atoms with van der Waals surface area (Å²) < 4.78 is 27.9. The van der Waals surface area contributed by atoms with E-state index in [-0.39, 0.29) is 30.0 Å². The highest BCUT2D eigenvalue weighted by atomic mass is 32.2. The van der Waals surface area contributed by atoms with Crippen LogP contribution >= 0.6 is 0 Å². The molecule has 21 heavy (non-hydrogen) atoms. The Morgan fingerprint density at radius 1 is 1.43 bits per heavy atom. The van der Waals surface area contributed by atoms with Crippen molar-refractivity contribution in [2.75, 3.05) is 30.5 Å². The lowest BCUT2D eigenvalue weighted by Gasteiger charge is -2.13. The van der Waals surface area contributed by atoms with E-state index in [1.54, 1.807) is 13.2 Å². The van der Waals surface area contributed by atoms with E-state index >= 15 is 0 Å². The largest absolute Gasteiger partial charge is 0.495 e. The summed E-state index contributed by atoms with van der Waals surface area (Å²) in [4.78, 5) is 11.9. The van der Waals surface area contributed by atoms with Gasteiger partial charge in [0.1, 0.15) is 5.75 Å². The van der Waals surface area contributed by atoms with Gasteiger partial charge in [0.15, 0.2) is 9.84 Å². The summed E-state index contributed by atoms with van der Waals surface area (Å²) in [5, 5.41) is 5.75. The highest BCUT2D eigenvalue weighted by molar-refractivity contribution is 7.91. The molecule has 1 unspecified atom stereocenters. The van der Waals surface area contributed by atoms with Crippen LogP contribution in [0.15, 0.2) is 18.2 Å². The maximum absolute atomic E-state index is 11.9. The van der Waals surface area contributed by atoms with E-state index in [1.807, 2.05) is 19.1 Å². The van der Waals surface area contributed by atoms with E-state index in [1.165, 1.54) is 0 Å². The molecule has 1 aliphatic rings. The molecule has 0 saturated carbocycles. The van der Waals surface area contributed by atoms with Crippen molar-refractivity contribution in [3.8, 4) is 5.75 Å². The van der Waals surface area contributed by atoms with Gasteiger partial charge >= 0.3 is 0 Å². The zero-order valence-electron chi connectivity index (χ0n) is 12.2. The third-order valence-electron chi connectivity index (χ3n) is 3.41. The van der Waals surface area contributed by atoms with Gasteiger partial charge in [-0.1, -0.05) is 6.07 Å². The Morgan fingerprint density at radius 3 is 2.81 bits per heavy atom. The van der Waals surface area contributed by atoms with Crippen LogP contribution in [0.2, 0.25) is 0 Å². The van der Waals surface area contributed by atoms with Crippen molar-refractivity contribution in [3.05, 3.63) is 23.8 Å². The first kappa shape index (κ1) is 15.8. The molecule has 0 aromatic heterocycles. The van der Waals surface area contributed by atoms with E-state index in [4.69, 9.17) is 4.74 Å². The standard InChI is InChI=1S/C14H20N2O4S/c1-10-3-4-13(20-2)12(7-10)16-14(17)8-15-11-5-6-21(18,19)9-11/h3-4,7,11,15H,5-6,8-9H2,1-2H3,(H,16,17). The number of methoxy groups -OCH3 is 1. The summed E-state index contributed by atoms with van der Waals surface area (Å²) in [6.07, 6.45) is 0.559. The van der Waals surface area contributed by atoms with Gasteiger partial charge in [-0.3, -0.25) is 4.79 Å². The van der Waals surface area contributed by atoms with Crippen LogP contribution in [-0.2, 0) is 14.6 Å². The van der Waals surface area contributed by atoms with E-state index in [2.05, 4.69) is 10.6 Å². The van der Waals surface area contributed by atoms with Crippen LogP contribution in [-0.4, -0.2) is 45.5 Å². The predicted molar refractivity (Wildman–Crippen MR) is 81.4 cm³/mol. The molecule has 116 valence electrons. The predicted octanol–water partition coefficient (Wildman–Crippen LogP) is 0.719. The minimum atomic E-state index is -2.93. The monoisotopic (exact) mass is 312 g/mol. The number of hydrogen-bond acceptors (Lipinski definition) is 5. The van der Waals surface area contributed by atoms with Crippen LogP contribution in [0.4, 0.5) is 5.69 Å². The van der Waals surface area contributed by atoms with Gasteiger partial charge in [-0.15, -0.1) is 0 Å². The van der Waals surface area contributed by atoms with Crippen LogP contribution in [0.1, 0.15) is 12.0 Å². The quantitative estimate of drug-likeness (QED) is 0.837. The first-order valence-electron chi connectivity index (χ1n) is 6.78. The van der Waals surface area contributed by atoms with Crippen LogP contribution < -0.4 is 15.4 Å². The molecule has 0 radical (unpaired) electrons. The number of amides is 1. The molecule has 1 aliphatic heterocycles. The summed E-state index contributed by atoms with van der Waals surface area (Å²) >= 11 is 0. The van der Waals surface area contributed by atoms with E-state index < -0.39 is 9.84 Å². The number of carbonyl (C=O) groups is 1. The summed E-state index contributed by atoms with van der Waals surface area (Å²) in [6, 6.07) is 5.38. The maximum atomic E-state index is 11.9. The van der Waals surface area contributed by atoms with Crippen molar-refractivity contribution >= 4 is 21.4 Å². The topological polar surface area (TPSA) is 84.5 Å². The van der Waals surface area contributed by atoms with E-state index in [9.17, 15) is 13.2 Å². The normalized spacial score (nSPS) is 20.2. The number of aryl methyl sites for hydroxylation is 1. The molecule has 0 bridgehead atoms. The number of sulfone groups is 1. The fourth-order valence-corrected chi connectivity index (χ4v) is 4.01. The van der Waals surface area contributed by atoms with Gasteiger partial charge in [-0.2, -0.15) is 0 Å². The van der Waals surface area contributed by atoms with Crippen molar-refractivity contribution in [1.29, 1.82) is 0 Å². The molecule has 2 N–H and O–H groups in total. The molecule has 1 aromatic carbocycles. The number of ether oxygens (including phenoxy) is 1. The summed E-state index contributed by atoms with van der Waals surface area (Å²) in [6.45, 7) is 2.01. The zero-order valence-corrected chi connectivity index (χ0v) is 13.0. The SMILES string of the molecule is COc1ccc(C)cc1NC(=O)CNC1CCS(=O)(=O)C1. The molecule has 1 amide bonds. The average Bonchev–Trinajstić information content (AvgIpc) is 2.76. The van der Waals surface area contributed by atoms with Crippen LogP contribution in [0.25, 0.3) is 0 Å². The summed E-state index contributed by atoms with van der Waals surface area (Å²) in [5.74, 6) is 0.673. The number of nitrogens with one attached hydrogen (secondary N) is 2. The van der Waals surface area contributed by atoms with Gasteiger partial charge in [0.2, 0.25) is 5.91 Å². The molecule has 6 nitrogen and oxygen atoms in total. The van der Waals surface area contributed by atoms with Crippen molar-refractivity contribution in [2.24, 2.45) is 0 Å². The number of anilines is 1. The van der Waals surface area contributed by atoms with E-state index in [0.717, 1.165) is 5.56 Å². The number of benzene rings is 1. The third-order valence-corrected chi connectivity index (χ3v) is 5.18. The summed E-state index contributed by atoms with van der Waals surface area (Å²) in [5.41, 5.74) is 1.63. The van der Waals surface area contributed by atoms with Gasteiger partial charge in [-0.05, 0) is 31.0 Å². The van der Waals surface area contributed by atoms with Crippen molar-refractivity contribution in [1.82, 2.24) is 5.32 Å². The van der Waals surface area contributed by atoms with Gasteiger partial charge in [0.25, 0.3) is 0 Å². The van der Waals surface area contributed by atoms with Crippen molar-refractivity contribution in [2.45, 2.75) is 19.4 Å². The van der Waals surface area contributed by atoms with Gasteiger partial charge in [0.05, 0.1) is 30.8 Å². The molecule has 2 rings (SSSR count).